The molecular formula is C18H32N2O3. The summed E-state index contributed by atoms with van der Waals surface area (Å²) in [6.07, 6.45) is 9.03. The smallest absolute Gasteiger partial charge is 0.223 e. The Morgan fingerprint density at radius 1 is 1.00 bits per heavy atom. The van der Waals surface area contributed by atoms with Gasteiger partial charge in [0.15, 0.2) is 0 Å². The molecule has 0 aromatic rings. The van der Waals surface area contributed by atoms with Crippen molar-refractivity contribution < 1.29 is 14.7 Å². The molecular weight excluding hydrogens is 292 g/mol. The van der Waals surface area contributed by atoms with Crippen LogP contribution in [0.3, 0.4) is 0 Å². The third kappa shape index (κ3) is 5.79. The average Bonchev–Trinajstić information content (AvgIpc) is 3.08. The number of carbonyl (C=O) groups is 2. The number of aliphatic hydroxyl groups excluding tert-OH is 1. The number of hydrogen-bond donors (Lipinski definition) is 3. The van der Waals surface area contributed by atoms with Gasteiger partial charge in [0, 0.05) is 24.4 Å². The maximum absolute atomic E-state index is 12.1. The third-order valence-electron chi connectivity index (χ3n) is 5.30. The minimum absolute atomic E-state index is 0.0310. The zero-order valence-electron chi connectivity index (χ0n) is 14.4. The molecule has 2 fully saturated rings. The lowest BCUT2D eigenvalue weighted by atomic mass is 9.85. The highest BCUT2D eigenvalue weighted by Crippen LogP contribution is 2.27. The van der Waals surface area contributed by atoms with Crippen LogP contribution in [0.15, 0.2) is 0 Å². The van der Waals surface area contributed by atoms with Crippen molar-refractivity contribution in [3.8, 4) is 0 Å². The summed E-state index contributed by atoms with van der Waals surface area (Å²) in [5.41, 5.74) is 0. The summed E-state index contributed by atoms with van der Waals surface area (Å²) >= 11 is 0. The van der Waals surface area contributed by atoms with Crippen LogP contribution in [0.4, 0.5) is 0 Å². The summed E-state index contributed by atoms with van der Waals surface area (Å²) in [5.74, 6) is 0.526. The van der Waals surface area contributed by atoms with Crippen molar-refractivity contribution in [1.82, 2.24) is 10.6 Å². The highest BCUT2D eigenvalue weighted by atomic mass is 16.3. The lowest BCUT2D eigenvalue weighted by Crippen LogP contribution is -2.43. The molecule has 0 heterocycles. The van der Waals surface area contributed by atoms with Crippen molar-refractivity contribution in [3.63, 3.8) is 0 Å². The predicted molar refractivity (Wildman–Crippen MR) is 89.8 cm³/mol. The van der Waals surface area contributed by atoms with Gasteiger partial charge in [0.2, 0.25) is 11.8 Å². The van der Waals surface area contributed by atoms with E-state index in [0.717, 1.165) is 51.4 Å². The van der Waals surface area contributed by atoms with Gasteiger partial charge in [-0.25, -0.2) is 0 Å². The number of amides is 2. The SMILES string of the molecule is CCCC(O)CNC(=O)C1CCC(NC(=O)C2CCCC2)CC1. The molecule has 0 bridgehead atoms. The highest BCUT2D eigenvalue weighted by Gasteiger charge is 2.29. The van der Waals surface area contributed by atoms with E-state index in [1.807, 2.05) is 6.92 Å². The molecule has 2 saturated carbocycles. The van der Waals surface area contributed by atoms with Crippen molar-refractivity contribution in [2.75, 3.05) is 6.54 Å². The summed E-state index contributed by atoms with van der Waals surface area (Å²) in [5, 5.41) is 15.7. The number of aliphatic hydroxyl groups is 1. The van der Waals surface area contributed by atoms with Crippen LogP contribution in [-0.2, 0) is 9.59 Å². The maximum atomic E-state index is 12.1. The number of nitrogens with one attached hydrogen (secondary N) is 2. The largest absolute Gasteiger partial charge is 0.391 e. The van der Waals surface area contributed by atoms with E-state index >= 15 is 0 Å². The summed E-state index contributed by atoms with van der Waals surface area (Å²) < 4.78 is 0. The third-order valence-corrected chi connectivity index (χ3v) is 5.30. The van der Waals surface area contributed by atoms with Crippen molar-refractivity contribution in [2.24, 2.45) is 11.8 Å². The van der Waals surface area contributed by atoms with Crippen LogP contribution in [0.1, 0.15) is 71.1 Å². The molecule has 5 heteroatoms. The Morgan fingerprint density at radius 3 is 2.22 bits per heavy atom. The maximum Gasteiger partial charge on any atom is 0.223 e. The van der Waals surface area contributed by atoms with E-state index < -0.39 is 6.10 Å². The first-order valence-corrected chi connectivity index (χ1v) is 9.36. The average molecular weight is 324 g/mol. The Kier molecular flexibility index (Phi) is 7.34. The molecule has 2 aliphatic rings. The van der Waals surface area contributed by atoms with E-state index in [1.165, 1.54) is 12.8 Å². The van der Waals surface area contributed by atoms with Gasteiger partial charge in [-0.15, -0.1) is 0 Å². The van der Waals surface area contributed by atoms with Crippen LogP contribution in [-0.4, -0.2) is 35.6 Å². The molecule has 3 N–H and O–H groups in total. The molecule has 2 rings (SSSR count). The van der Waals surface area contributed by atoms with Crippen LogP contribution in [0, 0.1) is 11.8 Å². The molecule has 132 valence electrons. The first-order valence-electron chi connectivity index (χ1n) is 9.36. The fraction of sp³-hybridized carbons (Fsp3) is 0.889. The van der Waals surface area contributed by atoms with Gasteiger partial charge in [-0.05, 0) is 44.9 Å². The van der Waals surface area contributed by atoms with Gasteiger partial charge >= 0.3 is 0 Å². The first kappa shape index (κ1) is 18.2. The van der Waals surface area contributed by atoms with Crippen molar-refractivity contribution in [1.29, 1.82) is 0 Å². The molecule has 0 spiro atoms. The number of hydrogen-bond acceptors (Lipinski definition) is 3. The molecule has 2 aliphatic carbocycles. The zero-order chi connectivity index (χ0) is 16.7. The van der Waals surface area contributed by atoms with Gasteiger partial charge in [-0.3, -0.25) is 9.59 Å². The van der Waals surface area contributed by atoms with Crippen LogP contribution in [0.5, 0.6) is 0 Å². The number of carbonyl (C=O) groups excluding carboxylic acids is 2. The molecule has 0 radical (unpaired) electrons. The minimum atomic E-state index is -0.439. The molecule has 0 aromatic carbocycles. The molecule has 0 saturated heterocycles. The molecule has 1 atom stereocenters. The van der Waals surface area contributed by atoms with Gasteiger partial charge in [-0.1, -0.05) is 26.2 Å². The first-order chi connectivity index (χ1) is 11.1. The van der Waals surface area contributed by atoms with E-state index in [9.17, 15) is 14.7 Å². The van der Waals surface area contributed by atoms with Gasteiger partial charge in [0.05, 0.1) is 6.10 Å². The Bertz CT molecular complexity index is 386. The zero-order valence-corrected chi connectivity index (χ0v) is 14.4. The highest BCUT2D eigenvalue weighted by molar-refractivity contribution is 5.80. The van der Waals surface area contributed by atoms with Gasteiger partial charge in [-0.2, -0.15) is 0 Å². The van der Waals surface area contributed by atoms with Crippen molar-refractivity contribution >= 4 is 11.8 Å². The normalized spacial score (nSPS) is 26.7. The number of rotatable bonds is 7. The molecule has 2 amide bonds. The summed E-state index contributed by atoms with van der Waals surface area (Å²) in [6, 6.07) is 0.234. The van der Waals surface area contributed by atoms with Gasteiger partial charge < -0.3 is 15.7 Å². The van der Waals surface area contributed by atoms with Crippen LogP contribution in [0.2, 0.25) is 0 Å². The fourth-order valence-corrected chi connectivity index (χ4v) is 3.81. The molecule has 0 aliphatic heterocycles. The van der Waals surface area contributed by atoms with E-state index in [1.54, 1.807) is 0 Å². The standard InChI is InChI=1S/C18H32N2O3/c1-2-5-16(21)12-19-17(22)14-8-10-15(11-9-14)20-18(23)13-6-3-4-7-13/h13-16,21H,2-12H2,1H3,(H,19,22)(H,20,23). The monoisotopic (exact) mass is 324 g/mol. The second kappa shape index (κ2) is 9.26. The Balaban J connectivity index is 1.64. The van der Waals surface area contributed by atoms with E-state index in [4.69, 9.17) is 0 Å². The molecule has 23 heavy (non-hydrogen) atoms. The predicted octanol–water partition coefficient (Wildman–Crippen LogP) is 2.13. The van der Waals surface area contributed by atoms with Gasteiger partial charge in [0.1, 0.15) is 0 Å². The van der Waals surface area contributed by atoms with E-state index in [-0.39, 0.29) is 29.7 Å². The molecule has 5 nitrogen and oxygen atoms in total. The topological polar surface area (TPSA) is 78.4 Å². The Morgan fingerprint density at radius 2 is 1.61 bits per heavy atom. The molecule has 0 aromatic heterocycles. The fourth-order valence-electron chi connectivity index (χ4n) is 3.81. The van der Waals surface area contributed by atoms with Crippen LogP contribution < -0.4 is 10.6 Å². The lowest BCUT2D eigenvalue weighted by Gasteiger charge is -2.29. The van der Waals surface area contributed by atoms with Gasteiger partial charge in [0.25, 0.3) is 0 Å². The Hall–Kier alpha value is -1.10. The van der Waals surface area contributed by atoms with E-state index in [2.05, 4.69) is 10.6 Å². The van der Waals surface area contributed by atoms with Crippen LogP contribution >= 0.6 is 0 Å². The van der Waals surface area contributed by atoms with Crippen molar-refractivity contribution in [3.05, 3.63) is 0 Å². The summed E-state index contributed by atoms with van der Waals surface area (Å²) in [7, 11) is 0. The second-order valence-corrected chi connectivity index (χ2v) is 7.23. The van der Waals surface area contributed by atoms with Crippen LogP contribution in [0.25, 0.3) is 0 Å². The second-order valence-electron chi connectivity index (χ2n) is 7.23. The minimum Gasteiger partial charge on any atom is -0.391 e. The van der Waals surface area contributed by atoms with E-state index in [0.29, 0.717) is 6.54 Å². The van der Waals surface area contributed by atoms with Crippen molar-refractivity contribution in [2.45, 2.75) is 83.3 Å². The summed E-state index contributed by atoms with van der Waals surface area (Å²) in [4.78, 5) is 24.3. The Labute approximate surface area is 139 Å². The lowest BCUT2D eigenvalue weighted by molar-refractivity contribution is -0.127. The quantitative estimate of drug-likeness (QED) is 0.671. The summed E-state index contributed by atoms with van der Waals surface area (Å²) in [6.45, 7) is 2.37. The molecule has 1 unspecified atom stereocenters.